The van der Waals surface area contributed by atoms with Crippen molar-refractivity contribution in [3.63, 3.8) is 0 Å². The van der Waals surface area contributed by atoms with E-state index in [1.165, 1.54) is 12.0 Å². The Morgan fingerprint density at radius 3 is 2.42 bits per heavy atom. The molecule has 1 N–H and O–H groups in total. The highest BCUT2D eigenvalue weighted by Gasteiger charge is 2.18. The predicted molar refractivity (Wildman–Crippen MR) is 123 cm³/mol. The molecule has 0 aliphatic carbocycles. The van der Waals surface area contributed by atoms with Crippen LogP contribution in [0, 0.1) is 13.8 Å². The fourth-order valence-corrected chi connectivity index (χ4v) is 3.68. The molecule has 0 aliphatic rings. The summed E-state index contributed by atoms with van der Waals surface area (Å²) in [4.78, 5) is 25.6. The van der Waals surface area contributed by atoms with E-state index >= 15 is 0 Å². The molecule has 1 heterocycles. The van der Waals surface area contributed by atoms with Gasteiger partial charge in [-0.1, -0.05) is 23.2 Å². The summed E-state index contributed by atoms with van der Waals surface area (Å²) in [6, 6.07) is 12.1. The van der Waals surface area contributed by atoms with Gasteiger partial charge in [-0.15, -0.1) is 0 Å². The Hall–Kier alpha value is -3.03. The second-order valence-electron chi connectivity index (χ2n) is 6.96. The number of amides is 2. The maximum absolute atomic E-state index is 12.6. The van der Waals surface area contributed by atoms with Crippen molar-refractivity contribution in [2.45, 2.75) is 20.3 Å². The lowest BCUT2D eigenvalue weighted by Gasteiger charge is -2.16. The lowest BCUT2D eigenvalue weighted by molar-refractivity contribution is -0.115. The van der Waals surface area contributed by atoms with Gasteiger partial charge in [-0.2, -0.15) is 5.10 Å². The van der Waals surface area contributed by atoms with Crippen LogP contribution >= 0.6 is 23.2 Å². The van der Waals surface area contributed by atoms with Gasteiger partial charge in [0.05, 0.1) is 29.9 Å². The summed E-state index contributed by atoms with van der Waals surface area (Å²) in [6.45, 7) is 3.75. The molecule has 0 bridgehead atoms. The number of ether oxygens (including phenoxy) is 1. The van der Waals surface area contributed by atoms with Crippen molar-refractivity contribution >= 4 is 46.6 Å². The Balaban J connectivity index is 1.74. The van der Waals surface area contributed by atoms with Crippen LogP contribution in [-0.2, 0) is 16.0 Å². The van der Waals surface area contributed by atoms with Gasteiger partial charge in [0.25, 0.3) is 0 Å². The smallest absolute Gasteiger partial charge is 0.413 e. The Kier molecular flexibility index (Phi) is 6.87. The highest BCUT2D eigenvalue weighted by Crippen LogP contribution is 2.27. The first-order valence-electron chi connectivity index (χ1n) is 9.43. The number of methoxy groups -OCH3 is 1. The van der Waals surface area contributed by atoms with Crippen molar-refractivity contribution in [3.05, 3.63) is 69.5 Å². The number of benzene rings is 2. The van der Waals surface area contributed by atoms with Crippen LogP contribution in [0.2, 0.25) is 10.0 Å². The van der Waals surface area contributed by atoms with E-state index in [1.807, 2.05) is 13.8 Å². The monoisotopic (exact) mass is 460 g/mol. The number of hydrogen-bond acceptors (Lipinski definition) is 4. The van der Waals surface area contributed by atoms with E-state index in [-0.39, 0.29) is 12.3 Å². The number of carbonyl (C=O) groups is 2. The summed E-state index contributed by atoms with van der Waals surface area (Å²) >= 11 is 12.3. The molecular formula is C22H22Cl2N4O3. The molecule has 0 saturated carbocycles. The van der Waals surface area contributed by atoms with Crippen LogP contribution in [0.15, 0.2) is 42.5 Å². The normalized spacial score (nSPS) is 10.6. The molecule has 0 radical (unpaired) electrons. The zero-order valence-electron chi connectivity index (χ0n) is 17.6. The molecule has 0 aliphatic heterocycles. The van der Waals surface area contributed by atoms with Gasteiger partial charge in [0.1, 0.15) is 0 Å². The highest BCUT2D eigenvalue weighted by atomic mass is 35.5. The molecule has 2 amide bonds. The molecule has 0 unspecified atom stereocenters. The van der Waals surface area contributed by atoms with Crippen molar-refractivity contribution in [3.8, 4) is 5.69 Å². The summed E-state index contributed by atoms with van der Waals surface area (Å²) in [7, 11) is 2.93. The second kappa shape index (κ2) is 9.41. The van der Waals surface area contributed by atoms with Gasteiger partial charge in [0, 0.05) is 34.7 Å². The first kappa shape index (κ1) is 22.7. The lowest BCUT2D eigenvalue weighted by atomic mass is 10.1. The van der Waals surface area contributed by atoms with Crippen LogP contribution in [0.25, 0.3) is 5.69 Å². The Morgan fingerprint density at radius 2 is 1.81 bits per heavy atom. The number of carbonyl (C=O) groups excluding carboxylic acids is 2. The molecule has 0 fully saturated rings. The van der Waals surface area contributed by atoms with Gasteiger partial charge >= 0.3 is 6.09 Å². The minimum absolute atomic E-state index is 0.159. The summed E-state index contributed by atoms with van der Waals surface area (Å²) in [5.74, 6) is -0.179. The number of rotatable bonds is 5. The molecule has 0 spiro atoms. The van der Waals surface area contributed by atoms with Gasteiger partial charge in [0.2, 0.25) is 5.91 Å². The number of nitrogens with one attached hydrogen (secondary N) is 1. The van der Waals surface area contributed by atoms with Gasteiger partial charge < -0.3 is 10.1 Å². The molecule has 3 aromatic rings. The zero-order chi connectivity index (χ0) is 22.7. The van der Waals surface area contributed by atoms with E-state index in [2.05, 4.69) is 10.4 Å². The average Bonchev–Trinajstić information content (AvgIpc) is 3.01. The van der Waals surface area contributed by atoms with Gasteiger partial charge in [-0.25, -0.2) is 9.48 Å². The average molecular weight is 461 g/mol. The van der Waals surface area contributed by atoms with E-state index in [1.54, 1.807) is 54.2 Å². The minimum atomic E-state index is -0.472. The van der Waals surface area contributed by atoms with Crippen molar-refractivity contribution in [1.82, 2.24) is 9.78 Å². The fraction of sp³-hybridized carbons (Fsp3) is 0.227. The summed E-state index contributed by atoms with van der Waals surface area (Å²) < 4.78 is 6.41. The third-order valence-corrected chi connectivity index (χ3v) is 5.44. The molecule has 31 heavy (non-hydrogen) atoms. The quantitative estimate of drug-likeness (QED) is 0.568. The van der Waals surface area contributed by atoms with E-state index in [0.717, 1.165) is 17.0 Å². The van der Waals surface area contributed by atoms with E-state index in [0.29, 0.717) is 27.1 Å². The third-order valence-electron chi connectivity index (χ3n) is 4.90. The van der Waals surface area contributed by atoms with Crippen molar-refractivity contribution in [2.24, 2.45) is 0 Å². The van der Waals surface area contributed by atoms with Crippen molar-refractivity contribution < 1.29 is 14.3 Å². The second-order valence-corrected chi connectivity index (χ2v) is 7.80. The van der Waals surface area contributed by atoms with Crippen LogP contribution in [0.3, 0.4) is 0 Å². The number of hydrogen-bond donors (Lipinski definition) is 1. The maximum Gasteiger partial charge on any atom is 0.413 e. The largest absolute Gasteiger partial charge is 0.452 e. The number of nitrogens with zero attached hydrogens (tertiary/aromatic N) is 3. The molecule has 3 rings (SSSR count). The minimum Gasteiger partial charge on any atom is -0.452 e. The molecule has 1 aromatic heterocycles. The van der Waals surface area contributed by atoms with E-state index in [4.69, 9.17) is 27.9 Å². The third kappa shape index (κ3) is 5.00. The van der Waals surface area contributed by atoms with Crippen LogP contribution in [0.1, 0.15) is 17.0 Å². The Bertz CT molecular complexity index is 1130. The Morgan fingerprint density at radius 1 is 1.13 bits per heavy atom. The molecule has 2 aromatic carbocycles. The van der Waals surface area contributed by atoms with Crippen LogP contribution in [0.4, 0.5) is 16.2 Å². The van der Waals surface area contributed by atoms with Gasteiger partial charge in [0.15, 0.2) is 0 Å². The summed E-state index contributed by atoms with van der Waals surface area (Å²) in [5.41, 5.74) is 4.36. The highest BCUT2D eigenvalue weighted by molar-refractivity contribution is 6.35. The molecule has 0 atom stereocenters. The summed E-state index contributed by atoms with van der Waals surface area (Å²) in [6.07, 6.45) is -0.312. The molecule has 0 saturated heterocycles. The SMILES string of the molecule is COC(=O)N(C)c1ccc(NC(=O)Cc2c(C)nn(-c3ccc(Cl)cc3Cl)c2C)cc1. The first-order chi connectivity index (χ1) is 14.7. The van der Waals surface area contributed by atoms with Crippen LogP contribution < -0.4 is 10.2 Å². The molecule has 7 nitrogen and oxygen atoms in total. The van der Waals surface area contributed by atoms with Gasteiger partial charge in [-0.05, 0) is 56.3 Å². The number of anilines is 2. The van der Waals surface area contributed by atoms with Gasteiger partial charge in [-0.3, -0.25) is 9.69 Å². The first-order valence-corrected chi connectivity index (χ1v) is 10.2. The standard InChI is InChI=1S/C22H22Cl2N4O3/c1-13-18(14(2)28(26-13)20-10-5-15(23)11-19(20)24)12-21(29)25-16-6-8-17(9-7-16)27(3)22(30)31-4/h5-11H,12H2,1-4H3,(H,25,29). The molecule has 162 valence electrons. The predicted octanol–water partition coefficient (Wildman–Crippen LogP) is 5.18. The van der Waals surface area contributed by atoms with E-state index in [9.17, 15) is 9.59 Å². The molecular weight excluding hydrogens is 439 g/mol. The van der Waals surface area contributed by atoms with Crippen LogP contribution in [0.5, 0.6) is 0 Å². The van der Waals surface area contributed by atoms with Crippen molar-refractivity contribution in [1.29, 1.82) is 0 Å². The maximum atomic E-state index is 12.6. The summed E-state index contributed by atoms with van der Waals surface area (Å²) in [5, 5.41) is 8.43. The van der Waals surface area contributed by atoms with E-state index < -0.39 is 6.09 Å². The van der Waals surface area contributed by atoms with Crippen LogP contribution in [-0.4, -0.2) is 35.9 Å². The lowest BCUT2D eigenvalue weighted by Crippen LogP contribution is -2.25. The number of halogens is 2. The zero-order valence-corrected chi connectivity index (χ0v) is 19.1. The number of aryl methyl sites for hydroxylation is 1. The Labute approximate surface area is 190 Å². The fourth-order valence-electron chi connectivity index (χ4n) is 3.19. The molecule has 9 heteroatoms. The number of aromatic nitrogens is 2. The van der Waals surface area contributed by atoms with Crippen molar-refractivity contribution in [2.75, 3.05) is 24.4 Å². The topological polar surface area (TPSA) is 76.5 Å².